The van der Waals surface area contributed by atoms with Gasteiger partial charge < -0.3 is 37.5 Å². The molecule has 46 heavy (non-hydrogen) atoms. The predicted molar refractivity (Wildman–Crippen MR) is 171 cm³/mol. The van der Waals surface area contributed by atoms with Crippen molar-refractivity contribution in [3.8, 4) is 17.0 Å². The molecule has 2 aromatic carbocycles. The average Bonchev–Trinajstić information content (AvgIpc) is 3.48. The van der Waals surface area contributed by atoms with Crippen molar-refractivity contribution in [3.05, 3.63) is 71.7 Å². The highest BCUT2D eigenvalue weighted by atomic mass is 19.2. The molecular formula is C31H38F2N10O3. The highest BCUT2D eigenvalue weighted by molar-refractivity contribution is 5.96. The summed E-state index contributed by atoms with van der Waals surface area (Å²) in [7, 11) is 1.27. The van der Waals surface area contributed by atoms with E-state index < -0.39 is 17.7 Å². The highest BCUT2D eigenvalue weighted by Gasteiger charge is 2.20. The molecule has 2 atom stereocenters. The van der Waals surface area contributed by atoms with Gasteiger partial charge in [0.2, 0.25) is 11.7 Å². The Morgan fingerprint density at radius 3 is 2.57 bits per heavy atom. The van der Waals surface area contributed by atoms with Crippen LogP contribution in [0.4, 0.5) is 20.3 Å². The third-order valence-electron chi connectivity index (χ3n) is 7.31. The minimum atomic E-state index is -1.09. The fourth-order valence-electron chi connectivity index (χ4n) is 4.75. The van der Waals surface area contributed by atoms with Gasteiger partial charge in [-0.1, -0.05) is 13.8 Å². The number of aromatic nitrogens is 3. The zero-order valence-corrected chi connectivity index (χ0v) is 25.8. The van der Waals surface area contributed by atoms with Gasteiger partial charge in [0.1, 0.15) is 0 Å². The van der Waals surface area contributed by atoms with Crippen LogP contribution in [0, 0.1) is 23.0 Å². The number of nitrogens with one attached hydrogen (secondary N) is 5. The maximum Gasteiger partial charge on any atom is 0.251 e. The molecule has 4 rings (SSSR count). The number of methoxy groups -OCH3 is 1. The lowest BCUT2D eigenvalue weighted by Gasteiger charge is -2.17. The first kappa shape index (κ1) is 33.6. The number of anilines is 2. The molecule has 2 aromatic heterocycles. The monoisotopic (exact) mass is 636 g/mol. The maximum atomic E-state index is 14.8. The van der Waals surface area contributed by atoms with Gasteiger partial charge in [-0.05, 0) is 54.7 Å². The number of amides is 2. The summed E-state index contributed by atoms with van der Waals surface area (Å²) >= 11 is 0. The van der Waals surface area contributed by atoms with E-state index in [1.165, 1.54) is 31.6 Å². The summed E-state index contributed by atoms with van der Waals surface area (Å²) in [5.74, 6) is -2.76. The SMILES string of the molecule is CCc1cc(Nc2nccn3c(-c4ccc(OC)c(F)c4F)cnc23)ccc1C(=O)NCC(C)CNC(=O)[C@@H](N)CCNC(=N)N. The van der Waals surface area contributed by atoms with Gasteiger partial charge in [0.05, 0.1) is 25.0 Å². The Kier molecular flexibility index (Phi) is 11.0. The summed E-state index contributed by atoms with van der Waals surface area (Å²) in [4.78, 5) is 34.1. The van der Waals surface area contributed by atoms with Gasteiger partial charge in [0, 0.05) is 48.8 Å². The van der Waals surface area contributed by atoms with Crippen molar-refractivity contribution in [3.63, 3.8) is 0 Å². The molecule has 2 amide bonds. The number of aryl methyl sites for hydroxylation is 1. The molecule has 0 saturated heterocycles. The third kappa shape index (κ3) is 7.85. The first-order valence-corrected chi connectivity index (χ1v) is 14.7. The van der Waals surface area contributed by atoms with E-state index in [4.69, 9.17) is 21.6 Å². The quantitative estimate of drug-likeness (QED) is 0.0804. The van der Waals surface area contributed by atoms with Crippen molar-refractivity contribution in [2.45, 2.75) is 32.7 Å². The molecule has 9 N–H and O–H groups in total. The molecule has 0 aliphatic carbocycles. The van der Waals surface area contributed by atoms with Crippen LogP contribution in [0.2, 0.25) is 0 Å². The molecule has 1 unspecified atom stereocenters. The minimum Gasteiger partial charge on any atom is -0.494 e. The van der Waals surface area contributed by atoms with Gasteiger partial charge in [-0.15, -0.1) is 0 Å². The molecule has 0 fully saturated rings. The van der Waals surface area contributed by atoms with Crippen LogP contribution in [-0.2, 0) is 11.2 Å². The Morgan fingerprint density at radius 2 is 1.85 bits per heavy atom. The number of rotatable bonds is 14. The van der Waals surface area contributed by atoms with Crippen LogP contribution in [0.1, 0.15) is 36.2 Å². The molecule has 15 heteroatoms. The Labute approximate surface area is 264 Å². The lowest BCUT2D eigenvalue weighted by molar-refractivity contribution is -0.122. The molecule has 13 nitrogen and oxygen atoms in total. The van der Waals surface area contributed by atoms with E-state index in [9.17, 15) is 18.4 Å². The number of nitrogens with two attached hydrogens (primary N) is 2. The van der Waals surface area contributed by atoms with E-state index in [0.29, 0.717) is 60.9 Å². The van der Waals surface area contributed by atoms with Crippen molar-refractivity contribution in [1.82, 2.24) is 30.3 Å². The van der Waals surface area contributed by atoms with E-state index in [1.807, 2.05) is 19.9 Å². The van der Waals surface area contributed by atoms with E-state index in [1.54, 1.807) is 22.7 Å². The zero-order valence-electron chi connectivity index (χ0n) is 25.8. The minimum absolute atomic E-state index is 0.0190. The summed E-state index contributed by atoms with van der Waals surface area (Å²) in [6, 6.07) is 7.33. The number of fused-ring (bicyclic) bond motifs is 1. The summed E-state index contributed by atoms with van der Waals surface area (Å²) in [6.45, 7) is 4.80. The number of ether oxygens (including phenoxy) is 1. The summed E-state index contributed by atoms with van der Waals surface area (Å²) in [5.41, 5.74) is 13.8. The number of nitrogens with zero attached hydrogens (tertiary/aromatic N) is 3. The number of carbonyl (C=O) groups excluding carboxylic acids is 2. The Hall–Kier alpha value is -5.31. The molecular weight excluding hydrogens is 598 g/mol. The van der Waals surface area contributed by atoms with E-state index in [2.05, 4.69) is 31.2 Å². The fraction of sp³-hybridized carbons (Fsp3) is 0.323. The number of guanidine groups is 1. The van der Waals surface area contributed by atoms with Crippen LogP contribution < -0.4 is 37.5 Å². The van der Waals surface area contributed by atoms with Gasteiger partial charge in [0.25, 0.3) is 5.91 Å². The van der Waals surface area contributed by atoms with Crippen molar-refractivity contribution >= 4 is 34.9 Å². The van der Waals surface area contributed by atoms with Gasteiger partial charge in [-0.3, -0.25) is 19.4 Å². The fourth-order valence-corrected chi connectivity index (χ4v) is 4.75. The van der Waals surface area contributed by atoms with Gasteiger partial charge in [-0.25, -0.2) is 14.4 Å². The smallest absolute Gasteiger partial charge is 0.251 e. The Bertz CT molecular complexity index is 1730. The number of halogens is 2. The van der Waals surface area contributed by atoms with E-state index >= 15 is 0 Å². The molecule has 2 heterocycles. The van der Waals surface area contributed by atoms with Crippen molar-refractivity contribution < 1.29 is 23.1 Å². The van der Waals surface area contributed by atoms with Crippen molar-refractivity contribution in [2.24, 2.45) is 17.4 Å². The van der Waals surface area contributed by atoms with E-state index in [-0.39, 0.29) is 35.0 Å². The Balaban J connectivity index is 1.39. The lowest BCUT2D eigenvalue weighted by atomic mass is 10.0. The highest BCUT2D eigenvalue weighted by Crippen LogP contribution is 2.31. The second-order valence-corrected chi connectivity index (χ2v) is 10.7. The largest absolute Gasteiger partial charge is 0.494 e. The third-order valence-corrected chi connectivity index (χ3v) is 7.31. The normalized spacial score (nSPS) is 12.3. The standard InChI is InChI=1S/C31H38F2N10O3/c1-4-18-13-19(5-6-20(18)29(44)40-14-17(2)15-41-30(45)22(34)9-10-38-31(35)36)42-27-28-39-16-23(43(28)12-11-37-27)21-7-8-24(46-3)26(33)25(21)32/h5-8,11-13,16-17,22H,4,9-10,14-15,34H2,1-3H3,(H,37,42)(H,40,44)(H,41,45)(H4,35,36,38)/t17?,22-/m0/s1. The van der Waals surface area contributed by atoms with Crippen molar-refractivity contribution in [1.29, 1.82) is 5.41 Å². The maximum absolute atomic E-state index is 14.8. The predicted octanol–water partition coefficient (Wildman–Crippen LogP) is 2.67. The molecule has 0 aliphatic heterocycles. The topological polar surface area (TPSA) is 198 Å². The summed E-state index contributed by atoms with van der Waals surface area (Å²) < 4.78 is 35.7. The molecule has 0 spiro atoms. The number of carbonyl (C=O) groups is 2. The lowest BCUT2D eigenvalue weighted by Crippen LogP contribution is -2.45. The summed E-state index contributed by atoms with van der Waals surface area (Å²) in [5, 5.41) is 18.7. The molecule has 0 bridgehead atoms. The molecule has 0 aliphatic rings. The molecule has 244 valence electrons. The number of hydrogen-bond donors (Lipinski definition) is 7. The van der Waals surface area contributed by atoms with Gasteiger partial charge in [-0.2, -0.15) is 4.39 Å². The van der Waals surface area contributed by atoms with Crippen LogP contribution in [0.25, 0.3) is 16.9 Å². The molecule has 0 saturated carbocycles. The van der Waals surface area contributed by atoms with Gasteiger partial charge in [0.15, 0.2) is 29.0 Å². The zero-order chi connectivity index (χ0) is 33.4. The molecule has 0 radical (unpaired) electrons. The van der Waals surface area contributed by atoms with Crippen molar-refractivity contribution in [2.75, 3.05) is 32.1 Å². The first-order chi connectivity index (χ1) is 22.0. The second kappa shape index (κ2) is 15.1. The van der Waals surface area contributed by atoms with Crippen LogP contribution in [0.15, 0.2) is 48.9 Å². The molecule has 4 aromatic rings. The Morgan fingerprint density at radius 1 is 1.09 bits per heavy atom. The summed E-state index contributed by atoms with van der Waals surface area (Å²) in [6.07, 6.45) is 5.45. The van der Waals surface area contributed by atoms with Crippen LogP contribution in [0.3, 0.4) is 0 Å². The number of hydrogen-bond acceptors (Lipinski definition) is 8. The van der Waals surface area contributed by atoms with Crippen LogP contribution in [-0.4, -0.2) is 64.9 Å². The van der Waals surface area contributed by atoms with Gasteiger partial charge >= 0.3 is 0 Å². The first-order valence-electron chi connectivity index (χ1n) is 14.7. The van der Waals surface area contributed by atoms with E-state index in [0.717, 1.165) is 5.56 Å². The van der Waals surface area contributed by atoms with Crippen LogP contribution >= 0.6 is 0 Å². The number of benzene rings is 2. The number of imidazole rings is 1. The second-order valence-electron chi connectivity index (χ2n) is 10.7. The average molecular weight is 637 g/mol. The van der Waals surface area contributed by atoms with Crippen LogP contribution in [0.5, 0.6) is 5.75 Å².